The third-order valence-corrected chi connectivity index (χ3v) is 10.1. The van der Waals surface area contributed by atoms with E-state index in [1.165, 1.54) is 13.2 Å². The molecule has 2 bridgehead atoms. The maximum absolute atomic E-state index is 14.5. The molecule has 3 saturated carbocycles. The van der Waals surface area contributed by atoms with Gasteiger partial charge >= 0.3 is 6.18 Å². The highest BCUT2D eigenvalue weighted by Gasteiger charge is 2.80. The van der Waals surface area contributed by atoms with Crippen LogP contribution in [0.25, 0.3) is 5.69 Å². The number of hydrogen-bond acceptors (Lipinski definition) is 6. The van der Waals surface area contributed by atoms with Gasteiger partial charge < -0.3 is 14.5 Å². The van der Waals surface area contributed by atoms with E-state index in [0.29, 0.717) is 61.8 Å². The van der Waals surface area contributed by atoms with Crippen molar-refractivity contribution < 1.29 is 26.7 Å². The molecule has 2 saturated heterocycles. The maximum Gasteiger partial charge on any atom is 0.394 e. The van der Waals surface area contributed by atoms with Crippen molar-refractivity contribution in [3.8, 4) is 11.4 Å². The van der Waals surface area contributed by atoms with Crippen molar-refractivity contribution in [2.75, 3.05) is 43.1 Å². The van der Waals surface area contributed by atoms with Gasteiger partial charge in [0.15, 0.2) is 17.4 Å². The van der Waals surface area contributed by atoms with Crippen molar-refractivity contribution in [1.82, 2.24) is 19.7 Å². The van der Waals surface area contributed by atoms with Crippen LogP contribution in [0.15, 0.2) is 30.3 Å². The highest BCUT2D eigenvalue weighted by atomic mass is 35.5. The third-order valence-electron chi connectivity index (χ3n) is 9.91. The molecule has 3 aliphatic heterocycles. The highest BCUT2D eigenvalue weighted by molar-refractivity contribution is 6.30. The Balaban J connectivity index is 1.03. The monoisotopic (exact) mass is 592 g/mol. The van der Waals surface area contributed by atoms with Crippen LogP contribution in [-0.2, 0) is 13.1 Å². The molecule has 5 fully saturated rings. The fourth-order valence-electron chi connectivity index (χ4n) is 7.85. The molecule has 41 heavy (non-hydrogen) atoms. The van der Waals surface area contributed by atoms with Gasteiger partial charge in [0.1, 0.15) is 5.82 Å². The first-order valence-corrected chi connectivity index (χ1v) is 13.9. The molecule has 216 valence electrons. The van der Waals surface area contributed by atoms with Crippen LogP contribution in [-0.4, -0.2) is 64.7 Å². The molecule has 4 heterocycles. The largest absolute Gasteiger partial charge is 0.494 e. The second-order valence-corrected chi connectivity index (χ2v) is 13.0. The van der Waals surface area contributed by atoms with Gasteiger partial charge in [-0.3, -0.25) is 9.47 Å². The number of fused-ring (bicyclic) bond motifs is 3. The molecule has 1 aromatic heterocycles. The average molecular weight is 593 g/mol. The Kier molecular flexibility index (Phi) is 5.01. The molecule has 2 aromatic carbocycles. The van der Waals surface area contributed by atoms with Gasteiger partial charge in [0.25, 0.3) is 0 Å². The molecule has 1 spiro atoms. The first-order valence-electron chi connectivity index (χ1n) is 13.5. The van der Waals surface area contributed by atoms with Crippen LogP contribution in [0, 0.1) is 22.5 Å². The first-order chi connectivity index (χ1) is 19.4. The number of benzene rings is 2. The molecule has 9 rings (SSSR count). The SMILES string of the molecule is COc1cc(N2CC3(C2)CN(c2nnc4n2-c2ccc(Cl)cc2CN(C25CC(C(F)(F)F)(C2)C5)C4)C3)c(F)cc1F. The summed E-state index contributed by atoms with van der Waals surface area (Å²) in [5, 5.41) is 9.59. The summed E-state index contributed by atoms with van der Waals surface area (Å²) in [6.45, 7) is 3.47. The predicted octanol–water partition coefficient (Wildman–Crippen LogP) is 5.33. The lowest BCUT2D eigenvalue weighted by Crippen LogP contribution is -2.78. The Bertz CT molecular complexity index is 1570. The van der Waals surface area contributed by atoms with Gasteiger partial charge in [0, 0.05) is 60.8 Å². The zero-order valence-corrected chi connectivity index (χ0v) is 22.9. The fourth-order valence-corrected chi connectivity index (χ4v) is 8.05. The number of ether oxygens (including phenoxy) is 1. The van der Waals surface area contributed by atoms with Crippen LogP contribution in [0.2, 0.25) is 5.02 Å². The van der Waals surface area contributed by atoms with E-state index < -0.39 is 28.8 Å². The zero-order valence-electron chi connectivity index (χ0n) is 22.1. The van der Waals surface area contributed by atoms with E-state index >= 15 is 0 Å². The number of aromatic nitrogens is 3. The van der Waals surface area contributed by atoms with Crippen LogP contribution in [0.5, 0.6) is 5.75 Å². The first kappa shape index (κ1) is 25.6. The molecular formula is C28H26ClF5N6O. The number of rotatable bonds is 4. The van der Waals surface area contributed by atoms with Gasteiger partial charge in [-0.15, -0.1) is 10.2 Å². The van der Waals surface area contributed by atoms with Crippen molar-refractivity contribution >= 4 is 23.2 Å². The fraction of sp³-hybridized carbons (Fsp3) is 0.500. The number of nitrogens with zero attached hydrogens (tertiary/aromatic N) is 6. The summed E-state index contributed by atoms with van der Waals surface area (Å²) in [5.41, 5.74) is 0.0350. The average Bonchev–Trinajstić information content (AvgIpc) is 3.11. The molecule has 3 aliphatic carbocycles. The quantitative estimate of drug-likeness (QED) is 0.382. The molecule has 0 atom stereocenters. The van der Waals surface area contributed by atoms with Gasteiger partial charge in [-0.2, -0.15) is 13.2 Å². The molecule has 0 unspecified atom stereocenters. The van der Waals surface area contributed by atoms with Crippen molar-refractivity contribution in [2.24, 2.45) is 10.8 Å². The van der Waals surface area contributed by atoms with Gasteiger partial charge in [-0.05, 0) is 43.0 Å². The van der Waals surface area contributed by atoms with E-state index in [4.69, 9.17) is 16.3 Å². The second kappa shape index (κ2) is 8.03. The molecule has 0 N–H and O–H groups in total. The predicted molar refractivity (Wildman–Crippen MR) is 140 cm³/mol. The van der Waals surface area contributed by atoms with Crippen molar-refractivity contribution in [2.45, 2.75) is 44.1 Å². The smallest absolute Gasteiger partial charge is 0.394 e. The summed E-state index contributed by atoms with van der Waals surface area (Å²) >= 11 is 6.36. The number of halogens is 6. The summed E-state index contributed by atoms with van der Waals surface area (Å²) in [6, 6.07) is 7.84. The summed E-state index contributed by atoms with van der Waals surface area (Å²) in [4.78, 5) is 6.13. The van der Waals surface area contributed by atoms with E-state index in [9.17, 15) is 22.0 Å². The maximum atomic E-state index is 14.5. The highest BCUT2D eigenvalue weighted by Crippen LogP contribution is 2.75. The van der Waals surface area contributed by atoms with Crippen LogP contribution >= 0.6 is 11.6 Å². The van der Waals surface area contributed by atoms with E-state index in [2.05, 4.69) is 20.0 Å². The Hall–Kier alpha value is -3.12. The number of alkyl halides is 3. The van der Waals surface area contributed by atoms with Gasteiger partial charge in [0.2, 0.25) is 5.95 Å². The van der Waals surface area contributed by atoms with E-state index in [1.54, 1.807) is 6.07 Å². The van der Waals surface area contributed by atoms with Gasteiger partial charge in [-0.1, -0.05) is 11.6 Å². The van der Waals surface area contributed by atoms with E-state index in [1.807, 2.05) is 21.6 Å². The Morgan fingerprint density at radius 2 is 1.59 bits per heavy atom. The minimum absolute atomic E-state index is 0.00369. The van der Waals surface area contributed by atoms with Gasteiger partial charge in [-0.25, -0.2) is 8.78 Å². The minimum Gasteiger partial charge on any atom is -0.494 e. The zero-order chi connectivity index (χ0) is 28.5. The molecular weight excluding hydrogens is 567 g/mol. The van der Waals surface area contributed by atoms with Crippen LogP contribution < -0.4 is 14.5 Å². The molecule has 6 aliphatic rings. The molecule has 0 radical (unpaired) electrons. The summed E-state index contributed by atoms with van der Waals surface area (Å²) in [5.74, 6) is 0.00289. The molecule has 13 heteroatoms. The van der Waals surface area contributed by atoms with Gasteiger partial charge in [0.05, 0.1) is 30.4 Å². The summed E-state index contributed by atoms with van der Waals surface area (Å²) in [7, 11) is 1.35. The van der Waals surface area contributed by atoms with Crippen LogP contribution in [0.4, 0.5) is 33.6 Å². The molecule has 7 nitrogen and oxygen atoms in total. The normalized spacial score (nSPS) is 27.7. The van der Waals surface area contributed by atoms with Crippen molar-refractivity contribution in [3.05, 3.63) is 58.4 Å². The van der Waals surface area contributed by atoms with Crippen molar-refractivity contribution in [3.63, 3.8) is 0 Å². The molecule has 3 aromatic rings. The van der Waals surface area contributed by atoms with E-state index in [-0.39, 0.29) is 30.4 Å². The second-order valence-electron chi connectivity index (χ2n) is 12.6. The lowest BCUT2D eigenvalue weighted by molar-refractivity contribution is -0.364. The number of anilines is 2. The number of hydrogen-bond donors (Lipinski definition) is 0. The minimum atomic E-state index is -4.17. The lowest BCUT2D eigenvalue weighted by atomic mass is 9.38. The summed E-state index contributed by atoms with van der Waals surface area (Å²) < 4.78 is 76.1. The Morgan fingerprint density at radius 1 is 0.878 bits per heavy atom. The summed E-state index contributed by atoms with van der Waals surface area (Å²) in [6.07, 6.45) is -3.82. The topological polar surface area (TPSA) is 49.7 Å². The molecule has 0 amide bonds. The lowest BCUT2D eigenvalue weighted by Gasteiger charge is -2.73. The Morgan fingerprint density at radius 3 is 2.27 bits per heavy atom. The Labute approximate surface area is 237 Å². The third kappa shape index (κ3) is 3.46. The number of methoxy groups -OCH3 is 1. The van der Waals surface area contributed by atoms with E-state index in [0.717, 1.165) is 17.3 Å². The van der Waals surface area contributed by atoms with Crippen LogP contribution in [0.1, 0.15) is 30.7 Å². The standard InChI is InChI=1S/C28H26ClF5N6O/c1-41-22-6-21(18(30)5-19(22)31)37-12-25(13-37)14-38(15-25)24-36-35-23-8-39(27-9-26(10-27,11-27)28(32,33)34)7-16-4-17(29)2-3-20(16)40(23)24/h2-6H,7-15H2,1H3. The van der Waals surface area contributed by atoms with Crippen molar-refractivity contribution in [1.29, 1.82) is 0 Å². The van der Waals surface area contributed by atoms with Crippen LogP contribution in [0.3, 0.4) is 0 Å².